The molecule has 0 aliphatic carbocycles. The summed E-state index contributed by atoms with van der Waals surface area (Å²) in [6.07, 6.45) is 2.53. The van der Waals surface area contributed by atoms with Gasteiger partial charge in [-0.25, -0.2) is 0 Å². The van der Waals surface area contributed by atoms with Crippen LogP contribution in [-0.4, -0.2) is 22.7 Å². The van der Waals surface area contributed by atoms with Gasteiger partial charge >= 0.3 is 0 Å². The Morgan fingerprint density at radius 1 is 1.33 bits per heavy atom. The van der Waals surface area contributed by atoms with Crippen molar-refractivity contribution >= 4 is 11.8 Å². The van der Waals surface area contributed by atoms with E-state index in [9.17, 15) is 5.11 Å². The summed E-state index contributed by atoms with van der Waals surface area (Å²) >= 11 is 2.04. The third-order valence-electron chi connectivity index (χ3n) is 2.73. The lowest BCUT2D eigenvalue weighted by Gasteiger charge is -2.22. The molecule has 0 radical (unpaired) electrons. The van der Waals surface area contributed by atoms with Crippen molar-refractivity contribution in [2.45, 2.75) is 25.4 Å². The van der Waals surface area contributed by atoms with Gasteiger partial charge in [-0.2, -0.15) is 11.8 Å². The number of thioether (sulfide) groups is 1. The van der Waals surface area contributed by atoms with Crippen LogP contribution in [0.2, 0.25) is 0 Å². The highest BCUT2D eigenvalue weighted by Gasteiger charge is 2.12. The largest absolute Gasteiger partial charge is 0.508 e. The number of benzene rings is 1. The Balaban J connectivity index is 1.81. The Kier molecular flexibility index (Phi) is 3.92. The van der Waals surface area contributed by atoms with Crippen LogP contribution in [0.4, 0.5) is 0 Å². The molecule has 1 saturated heterocycles. The first-order chi connectivity index (χ1) is 7.34. The van der Waals surface area contributed by atoms with Gasteiger partial charge in [0.05, 0.1) is 0 Å². The lowest BCUT2D eigenvalue weighted by atomic mass is 10.1. The van der Waals surface area contributed by atoms with E-state index < -0.39 is 0 Å². The molecule has 0 atom stereocenters. The lowest BCUT2D eigenvalue weighted by molar-refractivity contribution is 0.467. The Hall–Kier alpha value is -0.670. The molecular weight excluding hydrogens is 206 g/mol. The normalized spacial score (nSPS) is 17.9. The zero-order valence-corrected chi connectivity index (χ0v) is 9.59. The topological polar surface area (TPSA) is 32.3 Å². The molecule has 0 spiro atoms. The third kappa shape index (κ3) is 3.43. The maximum Gasteiger partial charge on any atom is 0.115 e. The number of aromatic hydroxyl groups is 1. The summed E-state index contributed by atoms with van der Waals surface area (Å²) in [4.78, 5) is 0. The molecule has 3 heteroatoms. The molecule has 0 saturated carbocycles. The van der Waals surface area contributed by atoms with Crippen molar-refractivity contribution in [2.75, 3.05) is 11.5 Å². The highest BCUT2D eigenvalue weighted by molar-refractivity contribution is 7.99. The highest BCUT2D eigenvalue weighted by Crippen LogP contribution is 2.17. The van der Waals surface area contributed by atoms with Gasteiger partial charge in [0, 0.05) is 12.6 Å². The van der Waals surface area contributed by atoms with Crippen LogP contribution < -0.4 is 5.32 Å². The summed E-state index contributed by atoms with van der Waals surface area (Å²) in [6.45, 7) is 0.865. The van der Waals surface area contributed by atoms with Gasteiger partial charge in [-0.1, -0.05) is 12.1 Å². The van der Waals surface area contributed by atoms with Crippen molar-refractivity contribution in [3.8, 4) is 5.75 Å². The Bertz CT molecular complexity index is 310. The second-order valence-electron chi connectivity index (χ2n) is 3.94. The lowest BCUT2D eigenvalue weighted by Crippen LogP contribution is -2.31. The maximum absolute atomic E-state index is 9.32. The van der Waals surface area contributed by atoms with E-state index >= 15 is 0 Å². The minimum Gasteiger partial charge on any atom is -0.508 e. The second-order valence-corrected chi connectivity index (χ2v) is 5.16. The van der Waals surface area contributed by atoms with E-state index in [1.165, 1.54) is 24.3 Å². The molecule has 2 rings (SSSR count). The van der Waals surface area contributed by atoms with Crippen molar-refractivity contribution in [2.24, 2.45) is 0 Å². The molecule has 1 aliphatic heterocycles. The van der Waals surface area contributed by atoms with Crippen LogP contribution >= 0.6 is 11.8 Å². The van der Waals surface area contributed by atoms with Gasteiger partial charge < -0.3 is 10.4 Å². The molecule has 2 N–H and O–H groups in total. The van der Waals surface area contributed by atoms with Gasteiger partial charge in [0.2, 0.25) is 0 Å². The Morgan fingerprint density at radius 3 is 2.87 bits per heavy atom. The first kappa shape index (κ1) is 10.8. The number of hydrogen-bond acceptors (Lipinski definition) is 3. The first-order valence-electron chi connectivity index (χ1n) is 5.43. The molecule has 0 amide bonds. The van der Waals surface area contributed by atoms with Gasteiger partial charge in [0.15, 0.2) is 0 Å². The van der Waals surface area contributed by atoms with E-state index in [0.717, 1.165) is 12.1 Å². The van der Waals surface area contributed by atoms with Crippen molar-refractivity contribution in [1.29, 1.82) is 0 Å². The van der Waals surface area contributed by atoms with E-state index in [0.29, 0.717) is 11.8 Å². The van der Waals surface area contributed by atoms with Crippen molar-refractivity contribution in [3.63, 3.8) is 0 Å². The average molecular weight is 223 g/mol. The first-order valence-corrected chi connectivity index (χ1v) is 6.59. The van der Waals surface area contributed by atoms with E-state index in [-0.39, 0.29) is 0 Å². The van der Waals surface area contributed by atoms with Gasteiger partial charge in [0.1, 0.15) is 5.75 Å². The van der Waals surface area contributed by atoms with Crippen LogP contribution in [0, 0.1) is 0 Å². The van der Waals surface area contributed by atoms with E-state index in [1.54, 1.807) is 6.07 Å². The molecule has 0 bridgehead atoms. The Labute approximate surface area is 95.1 Å². The number of phenols is 1. The smallest absolute Gasteiger partial charge is 0.115 e. The summed E-state index contributed by atoms with van der Waals surface area (Å²) in [5.74, 6) is 2.91. The van der Waals surface area contributed by atoms with Crippen molar-refractivity contribution < 1.29 is 5.11 Å². The molecule has 1 aromatic rings. The molecule has 1 aromatic carbocycles. The molecular formula is C12H17NOS. The van der Waals surface area contributed by atoms with Gasteiger partial charge in [-0.05, 0) is 42.0 Å². The molecule has 1 aliphatic rings. The average Bonchev–Trinajstić information content (AvgIpc) is 2.28. The quantitative estimate of drug-likeness (QED) is 0.825. The van der Waals surface area contributed by atoms with Crippen LogP contribution in [-0.2, 0) is 6.54 Å². The van der Waals surface area contributed by atoms with Gasteiger partial charge in [-0.15, -0.1) is 0 Å². The minimum atomic E-state index is 0.355. The zero-order chi connectivity index (χ0) is 10.5. The number of hydrogen-bond donors (Lipinski definition) is 2. The fraction of sp³-hybridized carbons (Fsp3) is 0.500. The fourth-order valence-corrected chi connectivity index (χ4v) is 2.94. The van der Waals surface area contributed by atoms with Crippen LogP contribution in [0.5, 0.6) is 5.75 Å². The number of nitrogens with one attached hydrogen (secondary N) is 1. The zero-order valence-electron chi connectivity index (χ0n) is 8.78. The number of phenolic OH excluding ortho intramolecular Hbond substituents is 1. The summed E-state index contributed by atoms with van der Waals surface area (Å²) in [5, 5.41) is 12.9. The summed E-state index contributed by atoms with van der Waals surface area (Å²) in [6, 6.07) is 8.13. The molecule has 2 nitrogen and oxygen atoms in total. The predicted octanol–water partition coefficient (Wildman–Crippen LogP) is 2.38. The molecule has 82 valence electrons. The van der Waals surface area contributed by atoms with E-state index in [1.807, 2.05) is 30.0 Å². The fourth-order valence-electron chi connectivity index (χ4n) is 1.83. The summed E-state index contributed by atoms with van der Waals surface area (Å²) in [5.41, 5.74) is 1.16. The van der Waals surface area contributed by atoms with Crippen molar-refractivity contribution in [3.05, 3.63) is 29.8 Å². The van der Waals surface area contributed by atoms with Crippen LogP contribution in [0.15, 0.2) is 24.3 Å². The molecule has 1 heterocycles. The van der Waals surface area contributed by atoms with Crippen LogP contribution in [0.25, 0.3) is 0 Å². The molecule has 1 fully saturated rings. The molecule has 0 unspecified atom stereocenters. The third-order valence-corrected chi connectivity index (χ3v) is 3.78. The van der Waals surface area contributed by atoms with Gasteiger partial charge in [0.25, 0.3) is 0 Å². The number of rotatable bonds is 3. The SMILES string of the molecule is Oc1cccc(CNC2CCSCC2)c1. The van der Waals surface area contributed by atoms with Gasteiger partial charge in [-0.3, -0.25) is 0 Å². The van der Waals surface area contributed by atoms with Crippen molar-refractivity contribution in [1.82, 2.24) is 5.32 Å². The van der Waals surface area contributed by atoms with E-state index in [4.69, 9.17) is 0 Å². The monoisotopic (exact) mass is 223 g/mol. The predicted molar refractivity (Wildman–Crippen MR) is 65.3 cm³/mol. The van der Waals surface area contributed by atoms with Crippen LogP contribution in [0.1, 0.15) is 18.4 Å². The second kappa shape index (κ2) is 5.42. The van der Waals surface area contributed by atoms with Crippen LogP contribution in [0.3, 0.4) is 0 Å². The minimum absolute atomic E-state index is 0.355. The summed E-state index contributed by atoms with van der Waals surface area (Å²) < 4.78 is 0. The standard InChI is InChI=1S/C12H17NOS/c14-12-3-1-2-10(8-12)9-13-11-4-6-15-7-5-11/h1-3,8,11,13-14H,4-7,9H2. The summed E-state index contributed by atoms with van der Waals surface area (Å²) in [7, 11) is 0. The maximum atomic E-state index is 9.32. The highest BCUT2D eigenvalue weighted by atomic mass is 32.2. The molecule has 15 heavy (non-hydrogen) atoms. The molecule has 0 aromatic heterocycles. The van der Waals surface area contributed by atoms with E-state index in [2.05, 4.69) is 5.32 Å². The Morgan fingerprint density at radius 2 is 2.13 bits per heavy atom.